The molecule has 0 heterocycles. The van der Waals surface area contributed by atoms with Gasteiger partial charge in [0.1, 0.15) is 0 Å². The predicted octanol–water partition coefficient (Wildman–Crippen LogP) is 3.60. The second-order valence-electron chi connectivity index (χ2n) is 4.58. The Hall–Kier alpha value is -1.35. The van der Waals surface area contributed by atoms with E-state index in [9.17, 15) is 4.79 Å². The van der Waals surface area contributed by atoms with Crippen LogP contribution in [0.1, 0.15) is 46.1 Å². The van der Waals surface area contributed by atoms with Crippen LogP contribution in [-0.4, -0.2) is 19.0 Å². The van der Waals surface area contributed by atoms with Gasteiger partial charge in [0.15, 0.2) is 0 Å². The summed E-state index contributed by atoms with van der Waals surface area (Å²) in [6, 6.07) is 8.51. The fraction of sp³-hybridized carbons (Fsp3) is 0.562. The van der Waals surface area contributed by atoms with Crippen LogP contribution in [0.2, 0.25) is 0 Å². The van der Waals surface area contributed by atoms with Gasteiger partial charge in [-0.25, -0.2) is 0 Å². The number of carbonyl (C=O) groups is 1. The van der Waals surface area contributed by atoms with Crippen LogP contribution < -0.4 is 10.6 Å². The zero-order valence-corrected chi connectivity index (χ0v) is 12.7. The largest absolute Gasteiger partial charge is 0.329 e. The highest BCUT2D eigenvalue weighted by atomic mass is 16.1. The lowest BCUT2D eigenvalue weighted by atomic mass is 10.1. The minimum atomic E-state index is 0.689. The molecule has 0 saturated carbocycles. The number of amides is 1. The maximum atomic E-state index is 10.1. The molecule has 1 aromatic rings. The normalized spacial score (nSPS) is 11.2. The van der Waals surface area contributed by atoms with Crippen molar-refractivity contribution in [2.75, 3.05) is 11.9 Å². The molecule has 0 aliphatic carbocycles. The highest BCUT2D eigenvalue weighted by Crippen LogP contribution is 2.09. The maximum absolute atomic E-state index is 10.1. The van der Waals surface area contributed by atoms with Crippen LogP contribution in [0, 0.1) is 0 Å². The summed E-state index contributed by atoms with van der Waals surface area (Å²) < 4.78 is 0. The van der Waals surface area contributed by atoms with Crippen LogP contribution in [0.3, 0.4) is 0 Å². The lowest BCUT2D eigenvalue weighted by Crippen LogP contribution is -2.25. The number of hydrogen-bond acceptors (Lipinski definition) is 2. The van der Waals surface area contributed by atoms with Crippen LogP contribution in [0.4, 0.5) is 5.69 Å². The van der Waals surface area contributed by atoms with Gasteiger partial charge in [-0.15, -0.1) is 0 Å². The number of rotatable bonds is 7. The van der Waals surface area contributed by atoms with Gasteiger partial charge < -0.3 is 10.6 Å². The van der Waals surface area contributed by atoms with E-state index in [1.165, 1.54) is 18.4 Å². The monoisotopic (exact) mass is 264 g/mol. The summed E-state index contributed by atoms with van der Waals surface area (Å²) in [7, 11) is 0. The number of carbonyl (C=O) groups excluding carboxylic acids is 1. The first-order valence-electron chi connectivity index (χ1n) is 7.20. The van der Waals surface area contributed by atoms with Crippen molar-refractivity contribution in [3.05, 3.63) is 29.8 Å². The van der Waals surface area contributed by atoms with Crippen LogP contribution in [-0.2, 0) is 11.2 Å². The molecule has 1 amide bonds. The van der Waals surface area contributed by atoms with Gasteiger partial charge in [0.2, 0.25) is 6.41 Å². The lowest BCUT2D eigenvalue weighted by molar-refractivity contribution is -0.105. The molecule has 0 fully saturated rings. The molecule has 19 heavy (non-hydrogen) atoms. The van der Waals surface area contributed by atoms with E-state index in [1.807, 2.05) is 24.3 Å². The summed E-state index contributed by atoms with van der Waals surface area (Å²) in [6.07, 6.45) is 4.16. The quantitative estimate of drug-likeness (QED) is 0.739. The molecule has 3 nitrogen and oxygen atoms in total. The van der Waals surface area contributed by atoms with Crippen molar-refractivity contribution in [2.45, 2.75) is 53.0 Å². The Morgan fingerprint density at radius 2 is 2.00 bits per heavy atom. The van der Waals surface area contributed by atoms with Crippen LogP contribution in [0.5, 0.6) is 0 Å². The first-order chi connectivity index (χ1) is 9.17. The summed E-state index contributed by atoms with van der Waals surface area (Å²) in [5, 5.41) is 5.98. The Bertz CT molecular complexity index is 339. The van der Waals surface area contributed by atoms with E-state index in [0.717, 1.165) is 18.7 Å². The van der Waals surface area contributed by atoms with E-state index in [0.29, 0.717) is 12.5 Å². The highest BCUT2D eigenvalue weighted by Gasteiger charge is 1.92. The van der Waals surface area contributed by atoms with Crippen molar-refractivity contribution in [1.29, 1.82) is 0 Å². The number of benzene rings is 1. The standard InChI is InChI=1S/C9H11NO.C7H17N/c1-2-8-4-3-5-9(6-8)10-7-11;1-4-6-8-7(3)5-2/h3-7H,2H2,1H3,(H,10,11);7-8H,4-6H2,1-3H3. The van der Waals surface area contributed by atoms with Crippen molar-refractivity contribution in [1.82, 2.24) is 5.32 Å². The van der Waals surface area contributed by atoms with Gasteiger partial charge in [-0.2, -0.15) is 0 Å². The Morgan fingerprint density at radius 3 is 2.53 bits per heavy atom. The predicted molar refractivity (Wildman–Crippen MR) is 83.6 cm³/mol. The molecule has 1 aromatic carbocycles. The summed E-state index contributed by atoms with van der Waals surface area (Å²) in [4.78, 5) is 10.1. The number of hydrogen-bond donors (Lipinski definition) is 2. The smallest absolute Gasteiger partial charge is 0.211 e. The average molecular weight is 264 g/mol. The molecule has 1 atom stereocenters. The van der Waals surface area contributed by atoms with Gasteiger partial charge in [0.25, 0.3) is 0 Å². The molecule has 0 saturated heterocycles. The lowest BCUT2D eigenvalue weighted by Gasteiger charge is -2.08. The first-order valence-corrected chi connectivity index (χ1v) is 7.20. The third kappa shape index (κ3) is 9.25. The van der Waals surface area contributed by atoms with Crippen molar-refractivity contribution in [3.63, 3.8) is 0 Å². The molecule has 0 aliphatic rings. The zero-order chi connectivity index (χ0) is 14.5. The van der Waals surface area contributed by atoms with Gasteiger partial charge in [-0.1, -0.05) is 32.9 Å². The fourth-order valence-electron chi connectivity index (χ4n) is 1.48. The summed E-state index contributed by atoms with van der Waals surface area (Å²) in [6.45, 7) is 9.85. The molecule has 0 aromatic heterocycles. The number of aryl methyl sites for hydroxylation is 1. The third-order valence-electron chi connectivity index (χ3n) is 2.92. The summed E-state index contributed by atoms with van der Waals surface area (Å²) >= 11 is 0. The van der Waals surface area contributed by atoms with E-state index in [-0.39, 0.29) is 0 Å². The van der Waals surface area contributed by atoms with Crippen molar-refractivity contribution >= 4 is 12.1 Å². The SMILES string of the molecule is CCCNC(C)CC.CCc1cccc(NC=O)c1. The van der Waals surface area contributed by atoms with Gasteiger partial charge >= 0.3 is 0 Å². The minimum Gasteiger partial charge on any atom is -0.329 e. The molecule has 2 N–H and O–H groups in total. The van der Waals surface area contributed by atoms with E-state index in [1.54, 1.807) is 0 Å². The first kappa shape index (κ1) is 17.6. The maximum Gasteiger partial charge on any atom is 0.211 e. The van der Waals surface area contributed by atoms with Crippen molar-refractivity contribution in [2.24, 2.45) is 0 Å². The van der Waals surface area contributed by atoms with E-state index in [2.05, 4.69) is 38.3 Å². The van der Waals surface area contributed by atoms with E-state index in [4.69, 9.17) is 0 Å². The van der Waals surface area contributed by atoms with E-state index < -0.39 is 0 Å². The van der Waals surface area contributed by atoms with Crippen LogP contribution in [0.25, 0.3) is 0 Å². The van der Waals surface area contributed by atoms with Gasteiger partial charge in [0, 0.05) is 11.7 Å². The molecule has 0 radical (unpaired) electrons. The number of anilines is 1. The van der Waals surface area contributed by atoms with Crippen LogP contribution >= 0.6 is 0 Å². The van der Waals surface area contributed by atoms with Gasteiger partial charge in [-0.05, 0) is 50.4 Å². The van der Waals surface area contributed by atoms with Crippen LogP contribution in [0.15, 0.2) is 24.3 Å². The second-order valence-corrected chi connectivity index (χ2v) is 4.58. The minimum absolute atomic E-state index is 0.689. The molecular formula is C16H28N2O. The second kappa shape index (κ2) is 11.7. The van der Waals surface area contributed by atoms with Gasteiger partial charge in [-0.3, -0.25) is 4.79 Å². The molecular weight excluding hydrogens is 236 g/mol. The fourth-order valence-corrected chi connectivity index (χ4v) is 1.48. The highest BCUT2D eigenvalue weighted by molar-refractivity contribution is 5.71. The zero-order valence-electron chi connectivity index (χ0n) is 12.7. The molecule has 0 aliphatic heterocycles. The Kier molecular flexibility index (Phi) is 10.9. The molecule has 3 heteroatoms. The van der Waals surface area contributed by atoms with Gasteiger partial charge in [0.05, 0.1) is 0 Å². The van der Waals surface area contributed by atoms with E-state index >= 15 is 0 Å². The molecule has 1 unspecified atom stereocenters. The van der Waals surface area contributed by atoms with Crippen molar-refractivity contribution in [3.8, 4) is 0 Å². The Balaban J connectivity index is 0.000000362. The topological polar surface area (TPSA) is 41.1 Å². The summed E-state index contributed by atoms with van der Waals surface area (Å²) in [5.41, 5.74) is 2.09. The molecule has 1 rings (SSSR count). The Morgan fingerprint density at radius 1 is 1.26 bits per heavy atom. The Labute approximate surface area is 117 Å². The molecule has 0 bridgehead atoms. The average Bonchev–Trinajstić information content (AvgIpc) is 2.46. The summed E-state index contributed by atoms with van der Waals surface area (Å²) in [5.74, 6) is 0. The molecule has 0 spiro atoms. The number of nitrogens with one attached hydrogen (secondary N) is 2. The third-order valence-corrected chi connectivity index (χ3v) is 2.92. The van der Waals surface area contributed by atoms with Crippen molar-refractivity contribution < 1.29 is 4.79 Å². The molecule has 108 valence electrons.